The van der Waals surface area contributed by atoms with Crippen molar-refractivity contribution in [2.75, 3.05) is 6.54 Å². The first-order valence-electron chi connectivity index (χ1n) is 6.30. The highest BCUT2D eigenvalue weighted by Crippen LogP contribution is 2.08. The largest absolute Gasteiger partial charge is 0.352 e. The Morgan fingerprint density at radius 2 is 2.12 bits per heavy atom. The van der Waals surface area contributed by atoms with E-state index in [0.717, 1.165) is 24.9 Å². The standard InChI is InChI=1S/C14H20N2O/c1-11-7-8-13(10-15-11)16-14(17)9-12-5-3-2-4-6-12/h2-6,11,13,15H,7-10H2,1H3,(H,16,17). The van der Waals surface area contributed by atoms with Crippen molar-refractivity contribution in [3.63, 3.8) is 0 Å². The summed E-state index contributed by atoms with van der Waals surface area (Å²) in [6.45, 7) is 3.07. The van der Waals surface area contributed by atoms with Crippen LogP contribution >= 0.6 is 0 Å². The van der Waals surface area contributed by atoms with Gasteiger partial charge in [-0.15, -0.1) is 0 Å². The molecule has 92 valence electrons. The smallest absolute Gasteiger partial charge is 0.224 e. The van der Waals surface area contributed by atoms with Crippen LogP contribution < -0.4 is 10.6 Å². The first kappa shape index (κ1) is 12.1. The molecule has 0 spiro atoms. The van der Waals surface area contributed by atoms with Crippen LogP contribution in [0.25, 0.3) is 0 Å². The van der Waals surface area contributed by atoms with Crippen molar-refractivity contribution in [2.24, 2.45) is 0 Å². The Morgan fingerprint density at radius 3 is 2.76 bits per heavy atom. The Labute approximate surface area is 103 Å². The van der Waals surface area contributed by atoms with Crippen molar-refractivity contribution in [2.45, 2.75) is 38.3 Å². The van der Waals surface area contributed by atoms with Crippen LogP contribution in [0.2, 0.25) is 0 Å². The van der Waals surface area contributed by atoms with Gasteiger partial charge in [0.05, 0.1) is 6.42 Å². The number of hydrogen-bond donors (Lipinski definition) is 2. The van der Waals surface area contributed by atoms with Gasteiger partial charge in [-0.05, 0) is 25.3 Å². The quantitative estimate of drug-likeness (QED) is 0.829. The molecule has 17 heavy (non-hydrogen) atoms. The van der Waals surface area contributed by atoms with Crippen molar-refractivity contribution in [3.05, 3.63) is 35.9 Å². The van der Waals surface area contributed by atoms with Gasteiger partial charge in [0, 0.05) is 18.6 Å². The number of hydrogen-bond acceptors (Lipinski definition) is 2. The van der Waals surface area contributed by atoms with Crippen molar-refractivity contribution in [3.8, 4) is 0 Å². The zero-order chi connectivity index (χ0) is 12.1. The number of carbonyl (C=O) groups excluding carboxylic acids is 1. The SMILES string of the molecule is CC1CCC(NC(=O)Cc2ccccc2)CN1. The average Bonchev–Trinajstić information content (AvgIpc) is 2.33. The van der Waals surface area contributed by atoms with E-state index in [1.165, 1.54) is 0 Å². The van der Waals surface area contributed by atoms with E-state index in [1.54, 1.807) is 0 Å². The van der Waals surface area contributed by atoms with Crippen molar-refractivity contribution >= 4 is 5.91 Å². The van der Waals surface area contributed by atoms with Crippen LogP contribution in [0, 0.1) is 0 Å². The average molecular weight is 232 g/mol. The molecule has 0 saturated carbocycles. The highest BCUT2D eigenvalue weighted by Gasteiger charge is 2.18. The highest BCUT2D eigenvalue weighted by molar-refractivity contribution is 5.78. The van der Waals surface area contributed by atoms with E-state index >= 15 is 0 Å². The molecule has 2 N–H and O–H groups in total. The van der Waals surface area contributed by atoms with Gasteiger partial charge in [0.1, 0.15) is 0 Å². The fourth-order valence-electron chi connectivity index (χ4n) is 2.18. The summed E-state index contributed by atoms with van der Waals surface area (Å²) in [5.41, 5.74) is 1.07. The van der Waals surface area contributed by atoms with Crippen LogP contribution in [0.4, 0.5) is 0 Å². The summed E-state index contributed by atoms with van der Waals surface area (Å²) in [6, 6.07) is 10.7. The molecular weight excluding hydrogens is 212 g/mol. The minimum Gasteiger partial charge on any atom is -0.352 e. The van der Waals surface area contributed by atoms with Gasteiger partial charge in [-0.25, -0.2) is 0 Å². The second kappa shape index (κ2) is 5.82. The van der Waals surface area contributed by atoms with Gasteiger partial charge in [0.25, 0.3) is 0 Å². The maximum Gasteiger partial charge on any atom is 0.224 e. The third-order valence-electron chi connectivity index (χ3n) is 3.23. The zero-order valence-electron chi connectivity index (χ0n) is 10.3. The lowest BCUT2D eigenvalue weighted by Gasteiger charge is -2.28. The number of benzene rings is 1. The molecule has 0 aliphatic carbocycles. The lowest BCUT2D eigenvalue weighted by atomic mass is 10.0. The Bertz CT molecular complexity index is 356. The number of amides is 1. The molecule has 1 heterocycles. The Hall–Kier alpha value is -1.35. The minimum absolute atomic E-state index is 0.123. The van der Waals surface area contributed by atoms with E-state index in [1.807, 2.05) is 30.3 Å². The summed E-state index contributed by atoms with van der Waals surface area (Å²) < 4.78 is 0. The van der Waals surface area contributed by atoms with E-state index in [-0.39, 0.29) is 5.91 Å². The summed E-state index contributed by atoms with van der Waals surface area (Å²) in [4.78, 5) is 11.8. The van der Waals surface area contributed by atoms with Gasteiger partial charge >= 0.3 is 0 Å². The molecule has 1 fully saturated rings. The van der Waals surface area contributed by atoms with E-state index in [0.29, 0.717) is 18.5 Å². The maximum absolute atomic E-state index is 11.8. The van der Waals surface area contributed by atoms with Crippen LogP contribution in [-0.4, -0.2) is 24.5 Å². The third kappa shape index (κ3) is 3.86. The van der Waals surface area contributed by atoms with E-state index < -0.39 is 0 Å². The molecular formula is C14H20N2O. The molecule has 0 aromatic heterocycles. The molecule has 2 rings (SSSR count). The number of piperidine rings is 1. The lowest BCUT2D eigenvalue weighted by molar-refractivity contribution is -0.121. The highest BCUT2D eigenvalue weighted by atomic mass is 16.1. The van der Waals surface area contributed by atoms with E-state index in [9.17, 15) is 4.79 Å². The summed E-state index contributed by atoms with van der Waals surface area (Å²) in [5.74, 6) is 0.123. The van der Waals surface area contributed by atoms with Gasteiger partial charge in [0.2, 0.25) is 5.91 Å². The van der Waals surface area contributed by atoms with Crippen LogP contribution in [0.15, 0.2) is 30.3 Å². The lowest BCUT2D eigenvalue weighted by Crippen LogP contribution is -2.49. The Morgan fingerprint density at radius 1 is 1.35 bits per heavy atom. The predicted molar refractivity (Wildman–Crippen MR) is 68.8 cm³/mol. The van der Waals surface area contributed by atoms with Crippen LogP contribution in [-0.2, 0) is 11.2 Å². The summed E-state index contributed by atoms with van der Waals surface area (Å²) in [7, 11) is 0. The maximum atomic E-state index is 11.8. The van der Waals surface area contributed by atoms with Crippen LogP contribution in [0.3, 0.4) is 0 Å². The summed E-state index contributed by atoms with van der Waals surface area (Å²) in [6.07, 6.45) is 2.69. The molecule has 3 nitrogen and oxygen atoms in total. The van der Waals surface area contributed by atoms with Gasteiger partial charge in [-0.2, -0.15) is 0 Å². The fourth-order valence-corrected chi connectivity index (χ4v) is 2.18. The molecule has 2 atom stereocenters. The zero-order valence-corrected chi connectivity index (χ0v) is 10.3. The molecule has 1 aromatic rings. The topological polar surface area (TPSA) is 41.1 Å². The summed E-state index contributed by atoms with van der Waals surface area (Å²) >= 11 is 0. The fraction of sp³-hybridized carbons (Fsp3) is 0.500. The molecule has 1 amide bonds. The number of nitrogens with one attached hydrogen (secondary N) is 2. The molecule has 3 heteroatoms. The normalized spacial score (nSPS) is 24.3. The van der Waals surface area contributed by atoms with Crippen molar-refractivity contribution in [1.82, 2.24) is 10.6 Å². The third-order valence-corrected chi connectivity index (χ3v) is 3.23. The molecule has 1 aliphatic heterocycles. The Kier molecular flexibility index (Phi) is 4.15. The molecule has 1 saturated heterocycles. The minimum atomic E-state index is 0.123. The predicted octanol–water partition coefficient (Wildman–Crippen LogP) is 1.49. The first-order valence-corrected chi connectivity index (χ1v) is 6.30. The molecule has 0 radical (unpaired) electrons. The first-order chi connectivity index (χ1) is 8.24. The van der Waals surface area contributed by atoms with Gasteiger partial charge in [-0.3, -0.25) is 4.79 Å². The monoisotopic (exact) mass is 232 g/mol. The van der Waals surface area contributed by atoms with Gasteiger partial charge in [-0.1, -0.05) is 30.3 Å². The van der Waals surface area contributed by atoms with Crippen LogP contribution in [0.5, 0.6) is 0 Å². The van der Waals surface area contributed by atoms with Gasteiger partial charge < -0.3 is 10.6 Å². The number of rotatable bonds is 3. The molecule has 1 aliphatic rings. The second-order valence-electron chi connectivity index (χ2n) is 4.81. The van der Waals surface area contributed by atoms with E-state index in [2.05, 4.69) is 17.6 Å². The van der Waals surface area contributed by atoms with Crippen LogP contribution in [0.1, 0.15) is 25.3 Å². The molecule has 0 bridgehead atoms. The summed E-state index contributed by atoms with van der Waals surface area (Å²) in [5, 5.41) is 6.47. The molecule has 2 unspecified atom stereocenters. The van der Waals surface area contributed by atoms with Gasteiger partial charge in [0.15, 0.2) is 0 Å². The number of carbonyl (C=O) groups is 1. The van der Waals surface area contributed by atoms with E-state index in [4.69, 9.17) is 0 Å². The van der Waals surface area contributed by atoms with Crippen molar-refractivity contribution in [1.29, 1.82) is 0 Å². The Balaban J connectivity index is 1.78. The van der Waals surface area contributed by atoms with Crippen molar-refractivity contribution < 1.29 is 4.79 Å². The second-order valence-corrected chi connectivity index (χ2v) is 4.81. The molecule has 1 aromatic carbocycles.